The van der Waals surface area contributed by atoms with Crippen molar-refractivity contribution >= 4 is 12.6 Å². The highest BCUT2D eigenvalue weighted by Gasteiger charge is 2.54. The Labute approximate surface area is 435 Å². The monoisotopic (exact) mass is 1000 g/mol. The van der Waals surface area contributed by atoms with Crippen LogP contribution in [0.4, 0.5) is 0 Å². The van der Waals surface area contributed by atoms with Gasteiger partial charge in [-0.05, 0) is 38.9 Å². The summed E-state index contributed by atoms with van der Waals surface area (Å²) in [5.74, 6) is 0.353. The van der Waals surface area contributed by atoms with Crippen molar-refractivity contribution in [3.05, 3.63) is 251 Å². The van der Waals surface area contributed by atoms with Gasteiger partial charge in [-0.25, -0.2) is 0 Å². The Bertz CT molecular complexity index is 2570. The maximum absolute atomic E-state index is 7.54. The highest BCUT2D eigenvalue weighted by Crippen LogP contribution is 2.37. The van der Waals surface area contributed by atoms with E-state index in [9.17, 15) is 0 Å². The van der Waals surface area contributed by atoms with Crippen LogP contribution in [-0.2, 0) is 93.6 Å². The fourth-order valence-corrected chi connectivity index (χ4v) is 9.53. The molecule has 2 heterocycles. The number of rotatable bonds is 26. The van der Waals surface area contributed by atoms with Gasteiger partial charge < -0.3 is 47.4 Å². The molecule has 0 amide bonds. The molecule has 73 heavy (non-hydrogen) atoms. The van der Waals surface area contributed by atoms with Crippen molar-refractivity contribution in [1.82, 2.24) is 0 Å². The number of thiol groups is 1. The molecule has 380 valence electrons. The van der Waals surface area contributed by atoms with E-state index in [4.69, 9.17) is 60.0 Å². The zero-order chi connectivity index (χ0) is 49.7. The van der Waals surface area contributed by atoms with Crippen LogP contribution < -0.4 is 0 Å². The average molecular weight is 1000 g/mol. The molecule has 11 heteroatoms. The third kappa shape index (κ3) is 15.5. The normalized spacial score (nSPS) is 24.0. The molecule has 10 nitrogen and oxygen atoms in total. The van der Waals surface area contributed by atoms with Gasteiger partial charge in [0.25, 0.3) is 0 Å². The van der Waals surface area contributed by atoms with E-state index in [1.807, 2.05) is 200 Å². The predicted octanol–water partition coefficient (Wildman–Crippen LogP) is 11.2. The summed E-state index contributed by atoms with van der Waals surface area (Å²) < 4.78 is 70.1. The molecule has 7 aromatic carbocycles. The fourth-order valence-electron chi connectivity index (χ4n) is 9.24. The summed E-state index contributed by atoms with van der Waals surface area (Å²) in [6, 6.07) is 70.7. The zero-order valence-electron chi connectivity index (χ0n) is 41.1. The molecule has 0 saturated carbocycles. The van der Waals surface area contributed by atoms with Gasteiger partial charge in [0.1, 0.15) is 48.8 Å². The average Bonchev–Trinajstić information content (AvgIpc) is 3.45. The second-order valence-electron chi connectivity index (χ2n) is 18.3. The first-order valence-electron chi connectivity index (χ1n) is 25.2. The summed E-state index contributed by atoms with van der Waals surface area (Å²) in [5, 5.41) is 0. The van der Waals surface area contributed by atoms with E-state index < -0.39 is 61.2 Å². The Hall–Kier alpha value is -5.51. The summed E-state index contributed by atoms with van der Waals surface area (Å²) >= 11 is 4.87. The minimum atomic E-state index is -1.07. The van der Waals surface area contributed by atoms with E-state index in [1.165, 1.54) is 0 Å². The van der Waals surface area contributed by atoms with E-state index in [0.717, 1.165) is 38.9 Å². The first kappa shape index (κ1) is 52.4. The lowest BCUT2D eigenvalue weighted by Gasteiger charge is -2.50. The molecule has 0 radical (unpaired) electrons. The van der Waals surface area contributed by atoms with Crippen LogP contribution in [0.3, 0.4) is 0 Å². The molecule has 2 aliphatic heterocycles. The summed E-state index contributed by atoms with van der Waals surface area (Å²) in [4.78, 5) is 0. The Morgan fingerprint density at radius 2 is 0.562 bits per heavy atom. The number of hydrogen-bond acceptors (Lipinski definition) is 11. The standard InChI is InChI=1S/C62H66O10S/c73-45-55-57(66-39-49-28-14-4-15-29-49)59(67-40-50-30-16-5-17-31-50)58(54(70-55)44-64-37-47-24-10-2-11-25-47)72-62-61(69-42-52-34-20-7-21-35-52)60(68-41-51-32-18-6-19-33-51)56(65-38-48-26-12-3-13-27-48)53(71-62)43-63-36-46-22-8-1-9-23-46/h1-35,53-62,73H,36-45H2/t53?,54?,55-,56+,57?,58+,59-,60+,61?,62-/m0/s1. The largest absolute Gasteiger partial charge is 0.374 e. The SMILES string of the molecule is SC[C@@H]1OC(COCc2ccccc2)[C@@H](O[C@@H]2OC(COCc3ccccc3)[C@@H](OCc3ccccc3)[C@@H](OCc3ccccc3)C2OCc2ccccc2)[C@@H](OCc2ccccc2)C1OCc1ccccc1. The molecule has 0 N–H and O–H groups in total. The van der Waals surface area contributed by atoms with E-state index in [1.54, 1.807) is 0 Å². The van der Waals surface area contributed by atoms with Crippen LogP contribution in [0.2, 0.25) is 0 Å². The Balaban J connectivity index is 1.11. The molecule has 2 saturated heterocycles. The van der Waals surface area contributed by atoms with Crippen LogP contribution in [0.15, 0.2) is 212 Å². The molecule has 0 spiro atoms. The quantitative estimate of drug-likeness (QED) is 0.0529. The van der Waals surface area contributed by atoms with Crippen molar-refractivity contribution in [3.8, 4) is 0 Å². The maximum atomic E-state index is 7.54. The summed E-state index contributed by atoms with van der Waals surface area (Å²) in [7, 11) is 0. The summed E-state index contributed by atoms with van der Waals surface area (Å²) in [5.41, 5.74) is 7.04. The topological polar surface area (TPSA) is 92.3 Å². The molecule has 4 unspecified atom stereocenters. The van der Waals surface area contributed by atoms with Crippen molar-refractivity contribution < 1.29 is 47.4 Å². The van der Waals surface area contributed by atoms with Gasteiger partial charge in [-0.3, -0.25) is 0 Å². The fraction of sp³-hybridized carbons (Fsp3) is 0.323. The third-order valence-electron chi connectivity index (χ3n) is 13.0. The van der Waals surface area contributed by atoms with Gasteiger partial charge in [-0.1, -0.05) is 212 Å². The van der Waals surface area contributed by atoms with E-state index in [-0.39, 0.29) is 33.0 Å². The molecular weight excluding hydrogens is 937 g/mol. The van der Waals surface area contributed by atoms with Gasteiger partial charge in [-0.2, -0.15) is 12.6 Å². The Morgan fingerprint density at radius 1 is 0.288 bits per heavy atom. The Morgan fingerprint density at radius 3 is 0.904 bits per heavy atom. The van der Waals surface area contributed by atoms with Gasteiger partial charge in [0, 0.05) is 5.75 Å². The van der Waals surface area contributed by atoms with Crippen molar-refractivity contribution in [3.63, 3.8) is 0 Å². The molecule has 2 fully saturated rings. The molecule has 9 rings (SSSR count). The zero-order valence-corrected chi connectivity index (χ0v) is 42.0. The molecule has 0 aromatic heterocycles. The van der Waals surface area contributed by atoms with Gasteiger partial charge >= 0.3 is 0 Å². The van der Waals surface area contributed by atoms with Crippen LogP contribution in [-0.4, -0.2) is 80.2 Å². The van der Waals surface area contributed by atoms with E-state index in [0.29, 0.717) is 32.2 Å². The second kappa shape index (κ2) is 28.2. The molecule has 2 aliphatic rings. The van der Waals surface area contributed by atoms with Crippen LogP contribution in [0.1, 0.15) is 38.9 Å². The highest BCUT2D eigenvalue weighted by atomic mass is 32.1. The Kier molecular flexibility index (Phi) is 20.3. The van der Waals surface area contributed by atoms with Crippen molar-refractivity contribution in [2.24, 2.45) is 0 Å². The van der Waals surface area contributed by atoms with Gasteiger partial charge in [-0.15, -0.1) is 0 Å². The van der Waals surface area contributed by atoms with Crippen molar-refractivity contribution in [1.29, 1.82) is 0 Å². The number of ether oxygens (including phenoxy) is 10. The van der Waals surface area contributed by atoms with Gasteiger partial charge in [0.2, 0.25) is 0 Å². The summed E-state index contributed by atoms with van der Waals surface area (Å²) in [6.45, 7) is 2.45. The van der Waals surface area contributed by atoms with E-state index >= 15 is 0 Å². The van der Waals surface area contributed by atoms with Crippen LogP contribution in [0.25, 0.3) is 0 Å². The molecule has 10 atom stereocenters. The van der Waals surface area contributed by atoms with Gasteiger partial charge in [0.15, 0.2) is 6.29 Å². The predicted molar refractivity (Wildman–Crippen MR) is 283 cm³/mol. The van der Waals surface area contributed by atoms with Crippen LogP contribution in [0.5, 0.6) is 0 Å². The summed E-state index contributed by atoms with van der Waals surface area (Å²) in [6.07, 6.45) is -7.32. The highest BCUT2D eigenvalue weighted by molar-refractivity contribution is 7.80. The minimum absolute atomic E-state index is 0.161. The smallest absolute Gasteiger partial charge is 0.187 e. The van der Waals surface area contributed by atoms with Crippen molar-refractivity contribution in [2.75, 3.05) is 19.0 Å². The van der Waals surface area contributed by atoms with Crippen LogP contribution >= 0.6 is 12.6 Å². The van der Waals surface area contributed by atoms with Crippen LogP contribution in [0, 0.1) is 0 Å². The molecule has 7 aromatic rings. The lowest BCUT2D eigenvalue weighted by atomic mass is 9.93. The number of hydrogen-bond donors (Lipinski definition) is 1. The third-order valence-corrected chi connectivity index (χ3v) is 13.4. The molecular formula is C62H66O10S. The minimum Gasteiger partial charge on any atom is -0.374 e. The first-order valence-corrected chi connectivity index (χ1v) is 25.9. The molecule has 0 aliphatic carbocycles. The lowest BCUT2D eigenvalue weighted by Crippen LogP contribution is -2.66. The van der Waals surface area contributed by atoms with Crippen molar-refractivity contribution in [2.45, 2.75) is 107 Å². The lowest BCUT2D eigenvalue weighted by molar-refractivity contribution is -0.362. The first-order chi connectivity index (χ1) is 36.2. The van der Waals surface area contributed by atoms with E-state index in [2.05, 4.69) is 12.1 Å². The molecule has 0 bridgehead atoms. The maximum Gasteiger partial charge on any atom is 0.187 e. The number of benzene rings is 7. The second-order valence-corrected chi connectivity index (χ2v) is 18.7. The van der Waals surface area contributed by atoms with Gasteiger partial charge in [0.05, 0.1) is 65.6 Å².